The van der Waals surface area contributed by atoms with E-state index in [2.05, 4.69) is 0 Å². The van der Waals surface area contributed by atoms with Crippen LogP contribution in [0.15, 0.2) is 42.5 Å². The van der Waals surface area contributed by atoms with Crippen molar-refractivity contribution in [1.82, 2.24) is 0 Å². The summed E-state index contributed by atoms with van der Waals surface area (Å²) in [4.78, 5) is 0. The smallest absolute Gasteiger partial charge is 0.133 e. The molecule has 2 nitrogen and oxygen atoms in total. The number of ether oxygens (including phenoxy) is 1. The van der Waals surface area contributed by atoms with Gasteiger partial charge in [-0.1, -0.05) is 35.9 Å². The molecule has 0 saturated heterocycles. The monoisotopic (exact) mass is 301 g/mol. The van der Waals surface area contributed by atoms with Crippen LogP contribution >= 0.6 is 11.6 Å². The van der Waals surface area contributed by atoms with E-state index >= 15 is 0 Å². The van der Waals surface area contributed by atoms with E-state index in [0.29, 0.717) is 17.9 Å². The van der Waals surface area contributed by atoms with Crippen molar-refractivity contribution in [2.24, 2.45) is 0 Å². The third-order valence-electron chi connectivity index (χ3n) is 2.87. The average molecular weight is 302 g/mol. The molecule has 106 valence electrons. The van der Waals surface area contributed by atoms with E-state index < -0.39 is 5.82 Å². The summed E-state index contributed by atoms with van der Waals surface area (Å²) in [5, 5.41) is 9.53. The van der Waals surface area contributed by atoms with Crippen molar-refractivity contribution in [2.75, 3.05) is 6.61 Å². The van der Waals surface area contributed by atoms with Crippen LogP contribution < -0.4 is 4.74 Å². The normalized spacial score (nSPS) is 11.0. The summed E-state index contributed by atoms with van der Waals surface area (Å²) in [5.74, 6) is 0.115. The van der Waals surface area contributed by atoms with Gasteiger partial charge in [0.2, 0.25) is 0 Å². The zero-order valence-corrected chi connectivity index (χ0v) is 12.2. The summed E-state index contributed by atoms with van der Waals surface area (Å²) in [6.45, 7) is 2.38. The lowest BCUT2D eigenvalue weighted by Gasteiger charge is -2.08. The Labute approximate surface area is 128 Å². The van der Waals surface area contributed by atoms with Gasteiger partial charge in [0.25, 0.3) is 0 Å². The predicted octanol–water partition coefficient (Wildman–Crippen LogP) is 4.94. The number of para-hydroxylation sites is 1. The predicted molar refractivity (Wildman–Crippen MR) is 82.5 cm³/mol. The number of halogens is 2. The SMILES string of the molecule is CCOc1ccccc1C=C(C#N)c1c(F)cccc1Cl. The largest absolute Gasteiger partial charge is 0.493 e. The van der Waals surface area contributed by atoms with Gasteiger partial charge in [0, 0.05) is 11.1 Å². The van der Waals surface area contributed by atoms with Crippen molar-refractivity contribution < 1.29 is 9.13 Å². The number of nitriles is 1. The van der Waals surface area contributed by atoms with Crippen LogP contribution in [0.4, 0.5) is 4.39 Å². The molecule has 0 aromatic heterocycles. The van der Waals surface area contributed by atoms with Gasteiger partial charge in [-0.3, -0.25) is 0 Å². The molecular formula is C17H13ClFNO. The molecule has 0 aliphatic heterocycles. The molecule has 0 radical (unpaired) electrons. The van der Waals surface area contributed by atoms with Gasteiger partial charge in [-0.15, -0.1) is 0 Å². The summed E-state index contributed by atoms with van der Waals surface area (Å²) < 4.78 is 19.4. The lowest BCUT2D eigenvalue weighted by molar-refractivity contribution is 0.339. The highest BCUT2D eigenvalue weighted by Crippen LogP contribution is 2.30. The Morgan fingerprint density at radius 1 is 1.29 bits per heavy atom. The molecule has 21 heavy (non-hydrogen) atoms. The fourth-order valence-corrected chi connectivity index (χ4v) is 2.22. The second-order valence-electron chi connectivity index (χ2n) is 4.24. The van der Waals surface area contributed by atoms with Gasteiger partial charge in [-0.05, 0) is 31.2 Å². The minimum atomic E-state index is -0.524. The van der Waals surface area contributed by atoms with Gasteiger partial charge in [-0.25, -0.2) is 4.39 Å². The molecule has 0 unspecified atom stereocenters. The Morgan fingerprint density at radius 3 is 2.71 bits per heavy atom. The van der Waals surface area contributed by atoms with Crippen LogP contribution in [0, 0.1) is 17.1 Å². The summed E-state index contributed by atoms with van der Waals surface area (Å²) in [5.41, 5.74) is 0.966. The van der Waals surface area contributed by atoms with Crippen LogP contribution in [0.3, 0.4) is 0 Å². The Kier molecular flexibility index (Phi) is 4.97. The molecule has 0 fully saturated rings. The molecule has 4 heteroatoms. The fraction of sp³-hybridized carbons (Fsp3) is 0.118. The van der Waals surface area contributed by atoms with Crippen molar-refractivity contribution in [3.63, 3.8) is 0 Å². The van der Waals surface area contributed by atoms with E-state index in [1.807, 2.05) is 25.1 Å². The molecule has 0 aliphatic rings. The van der Waals surface area contributed by atoms with E-state index in [-0.39, 0.29) is 16.2 Å². The highest BCUT2D eigenvalue weighted by Gasteiger charge is 2.13. The second-order valence-corrected chi connectivity index (χ2v) is 4.64. The minimum absolute atomic E-state index is 0.105. The van der Waals surface area contributed by atoms with E-state index in [0.717, 1.165) is 0 Å². The number of benzene rings is 2. The molecule has 0 amide bonds. The van der Waals surface area contributed by atoms with Gasteiger partial charge in [0.15, 0.2) is 0 Å². The zero-order chi connectivity index (χ0) is 15.2. The van der Waals surface area contributed by atoms with Crippen molar-refractivity contribution in [1.29, 1.82) is 5.26 Å². The maximum absolute atomic E-state index is 13.9. The van der Waals surface area contributed by atoms with Crippen LogP contribution in [-0.4, -0.2) is 6.61 Å². The summed E-state index contributed by atoms with van der Waals surface area (Å²) in [6, 6.07) is 13.6. The Bertz CT molecular complexity index is 699. The van der Waals surface area contributed by atoms with Crippen LogP contribution in [0.25, 0.3) is 11.6 Å². The van der Waals surface area contributed by atoms with Crippen LogP contribution in [0.1, 0.15) is 18.1 Å². The average Bonchev–Trinajstić information content (AvgIpc) is 2.48. The molecule has 2 rings (SSSR count). The van der Waals surface area contributed by atoms with Crippen molar-refractivity contribution in [3.8, 4) is 11.8 Å². The first kappa shape index (κ1) is 15.1. The second kappa shape index (κ2) is 6.92. The number of hydrogen-bond donors (Lipinski definition) is 0. The third kappa shape index (κ3) is 3.42. The summed E-state index contributed by atoms with van der Waals surface area (Å²) >= 11 is 6.01. The van der Waals surface area contributed by atoms with Crippen LogP contribution in [0.5, 0.6) is 5.75 Å². The van der Waals surface area contributed by atoms with Crippen LogP contribution in [0.2, 0.25) is 5.02 Å². The van der Waals surface area contributed by atoms with Gasteiger partial charge >= 0.3 is 0 Å². The molecule has 0 bridgehead atoms. The first-order valence-corrected chi connectivity index (χ1v) is 6.83. The summed E-state index contributed by atoms with van der Waals surface area (Å²) in [6.07, 6.45) is 1.58. The zero-order valence-electron chi connectivity index (χ0n) is 11.4. The molecule has 0 heterocycles. The number of hydrogen-bond acceptors (Lipinski definition) is 2. The lowest BCUT2D eigenvalue weighted by atomic mass is 10.0. The lowest BCUT2D eigenvalue weighted by Crippen LogP contribution is -1.94. The molecule has 2 aromatic rings. The topological polar surface area (TPSA) is 33.0 Å². The van der Waals surface area contributed by atoms with Crippen molar-refractivity contribution in [3.05, 3.63) is 64.4 Å². The highest BCUT2D eigenvalue weighted by atomic mass is 35.5. The molecule has 0 spiro atoms. The highest BCUT2D eigenvalue weighted by molar-refractivity contribution is 6.32. The van der Waals surface area contributed by atoms with Gasteiger partial charge in [0.05, 0.1) is 23.3 Å². The standard InChI is InChI=1S/C17H13ClFNO/c1-2-21-16-9-4-3-6-12(16)10-13(11-20)17-14(18)7-5-8-15(17)19/h3-10H,2H2,1H3. The van der Waals surface area contributed by atoms with Crippen LogP contribution in [-0.2, 0) is 0 Å². The molecule has 0 aliphatic carbocycles. The first-order chi connectivity index (χ1) is 10.2. The van der Waals surface area contributed by atoms with E-state index in [4.69, 9.17) is 16.3 Å². The van der Waals surface area contributed by atoms with E-state index in [1.54, 1.807) is 24.3 Å². The first-order valence-electron chi connectivity index (χ1n) is 6.45. The molecule has 2 aromatic carbocycles. The molecule has 0 saturated carbocycles. The molecular weight excluding hydrogens is 289 g/mol. The van der Waals surface area contributed by atoms with Crippen molar-refractivity contribution >= 4 is 23.3 Å². The van der Waals surface area contributed by atoms with Gasteiger partial charge in [0.1, 0.15) is 11.6 Å². The molecule has 0 N–H and O–H groups in total. The maximum Gasteiger partial charge on any atom is 0.133 e. The number of nitrogens with zero attached hydrogens (tertiary/aromatic N) is 1. The van der Waals surface area contributed by atoms with E-state index in [9.17, 15) is 9.65 Å². The fourth-order valence-electron chi connectivity index (χ4n) is 1.96. The summed E-state index contributed by atoms with van der Waals surface area (Å²) in [7, 11) is 0. The Hall–Kier alpha value is -2.31. The van der Waals surface area contributed by atoms with Gasteiger partial charge < -0.3 is 4.74 Å². The third-order valence-corrected chi connectivity index (χ3v) is 3.19. The maximum atomic E-state index is 13.9. The minimum Gasteiger partial charge on any atom is -0.493 e. The van der Waals surface area contributed by atoms with Crippen molar-refractivity contribution in [2.45, 2.75) is 6.92 Å². The number of rotatable bonds is 4. The number of allylic oxidation sites excluding steroid dienone is 1. The Morgan fingerprint density at radius 2 is 2.05 bits per heavy atom. The van der Waals surface area contributed by atoms with E-state index in [1.165, 1.54) is 12.1 Å². The van der Waals surface area contributed by atoms with Gasteiger partial charge in [-0.2, -0.15) is 5.26 Å². The quantitative estimate of drug-likeness (QED) is 0.592. The Balaban J connectivity index is 2.55. The molecule has 0 atom stereocenters.